The molecule has 3 rings (SSSR count). The number of rotatable bonds is 7. The maximum atomic E-state index is 12.9. The lowest BCUT2D eigenvalue weighted by Crippen LogP contribution is -2.20. The van der Waals surface area contributed by atoms with E-state index < -0.39 is 15.8 Å². The number of benzene rings is 3. The summed E-state index contributed by atoms with van der Waals surface area (Å²) in [5, 5.41) is 2.71. The highest BCUT2D eigenvalue weighted by atomic mass is 127. The van der Waals surface area contributed by atoms with Crippen LogP contribution in [0.25, 0.3) is 0 Å². The molecule has 0 aromatic heterocycles. The zero-order valence-electron chi connectivity index (χ0n) is 14.9. The number of nitrogens with one attached hydrogen (secondary N) is 2. The Bertz CT molecular complexity index is 1090. The van der Waals surface area contributed by atoms with Gasteiger partial charge in [0, 0.05) is 14.9 Å². The fourth-order valence-corrected chi connectivity index (χ4v) is 3.74. The van der Waals surface area contributed by atoms with E-state index in [1.165, 1.54) is 36.4 Å². The van der Waals surface area contributed by atoms with Crippen molar-refractivity contribution >= 4 is 49.9 Å². The van der Waals surface area contributed by atoms with Gasteiger partial charge in [-0.1, -0.05) is 0 Å². The normalized spacial score (nSPS) is 11.0. The predicted molar refractivity (Wildman–Crippen MR) is 117 cm³/mol. The number of carbonyl (C=O) groups is 1. The third-order valence-corrected chi connectivity index (χ3v) is 5.84. The van der Waals surface area contributed by atoms with Gasteiger partial charge in [-0.15, -0.1) is 0 Å². The van der Waals surface area contributed by atoms with Gasteiger partial charge in [0.05, 0.1) is 4.90 Å². The lowest BCUT2D eigenvalue weighted by atomic mass is 10.3. The van der Waals surface area contributed by atoms with E-state index in [4.69, 9.17) is 4.74 Å². The van der Waals surface area contributed by atoms with Crippen LogP contribution in [0, 0.1) is 9.39 Å². The summed E-state index contributed by atoms with van der Waals surface area (Å²) >= 11 is 2.17. The van der Waals surface area contributed by atoms with Gasteiger partial charge >= 0.3 is 0 Å². The summed E-state index contributed by atoms with van der Waals surface area (Å²) in [4.78, 5) is 12.0. The van der Waals surface area contributed by atoms with Crippen molar-refractivity contribution in [2.45, 2.75) is 4.90 Å². The summed E-state index contributed by atoms with van der Waals surface area (Å²) in [6, 6.07) is 17.9. The van der Waals surface area contributed by atoms with Crippen LogP contribution in [-0.4, -0.2) is 20.9 Å². The molecule has 0 fully saturated rings. The molecule has 0 aliphatic heterocycles. The van der Waals surface area contributed by atoms with E-state index in [9.17, 15) is 17.6 Å². The standard InChI is InChI=1S/C20H16FIN2O4S/c21-14-1-5-17(6-2-14)24-29(26,27)19-11-9-18(10-12-19)28-13-20(25)23-16-7-3-15(22)4-8-16/h1-12,24H,13H2,(H,23,25). The molecule has 0 unspecified atom stereocenters. The second kappa shape index (κ2) is 9.23. The Morgan fingerprint density at radius 2 is 1.48 bits per heavy atom. The third kappa shape index (κ3) is 6.16. The first-order chi connectivity index (χ1) is 13.8. The largest absolute Gasteiger partial charge is 0.484 e. The maximum Gasteiger partial charge on any atom is 0.262 e. The number of ether oxygens (including phenoxy) is 1. The molecule has 0 aliphatic carbocycles. The van der Waals surface area contributed by atoms with Gasteiger partial charge in [-0.2, -0.15) is 0 Å². The van der Waals surface area contributed by atoms with Crippen molar-refractivity contribution in [2.75, 3.05) is 16.6 Å². The summed E-state index contributed by atoms with van der Waals surface area (Å²) in [5.41, 5.74) is 0.909. The van der Waals surface area contributed by atoms with Crippen LogP contribution in [0.15, 0.2) is 77.7 Å². The molecule has 150 valence electrons. The van der Waals surface area contributed by atoms with Gasteiger partial charge in [0.25, 0.3) is 15.9 Å². The molecule has 1 amide bonds. The fraction of sp³-hybridized carbons (Fsp3) is 0.0500. The van der Waals surface area contributed by atoms with Crippen LogP contribution < -0.4 is 14.8 Å². The molecule has 2 N–H and O–H groups in total. The quantitative estimate of drug-likeness (QED) is 0.451. The number of sulfonamides is 1. The molecule has 0 radical (unpaired) electrons. The summed E-state index contributed by atoms with van der Waals surface area (Å²) in [7, 11) is -3.83. The molecule has 9 heteroatoms. The lowest BCUT2D eigenvalue weighted by Gasteiger charge is -2.10. The van der Waals surface area contributed by atoms with Gasteiger partial charge in [-0.05, 0) is 95.4 Å². The maximum absolute atomic E-state index is 12.9. The van der Waals surface area contributed by atoms with Crippen molar-refractivity contribution < 1.29 is 22.3 Å². The van der Waals surface area contributed by atoms with Gasteiger partial charge in [-0.3, -0.25) is 9.52 Å². The van der Waals surface area contributed by atoms with Crippen LogP contribution >= 0.6 is 22.6 Å². The van der Waals surface area contributed by atoms with Crippen LogP contribution in [0.1, 0.15) is 0 Å². The minimum atomic E-state index is -3.83. The summed E-state index contributed by atoms with van der Waals surface area (Å²) in [6.45, 7) is -0.216. The van der Waals surface area contributed by atoms with Gasteiger partial charge in [-0.25, -0.2) is 12.8 Å². The average molecular weight is 526 g/mol. The molecule has 0 spiro atoms. The topological polar surface area (TPSA) is 84.5 Å². The number of amides is 1. The predicted octanol–water partition coefficient (Wildman–Crippen LogP) is 4.25. The van der Waals surface area contributed by atoms with Crippen molar-refractivity contribution in [3.63, 3.8) is 0 Å². The van der Waals surface area contributed by atoms with Crippen LogP contribution in [0.3, 0.4) is 0 Å². The zero-order valence-corrected chi connectivity index (χ0v) is 17.9. The highest BCUT2D eigenvalue weighted by molar-refractivity contribution is 14.1. The van der Waals surface area contributed by atoms with Crippen molar-refractivity contribution in [2.24, 2.45) is 0 Å². The Morgan fingerprint density at radius 1 is 0.897 bits per heavy atom. The Morgan fingerprint density at radius 3 is 2.10 bits per heavy atom. The molecule has 0 bridgehead atoms. The second-order valence-electron chi connectivity index (χ2n) is 5.93. The van der Waals surface area contributed by atoms with Crippen molar-refractivity contribution in [3.8, 4) is 5.75 Å². The number of anilines is 2. The van der Waals surface area contributed by atoms with Gasteiger partial charge in [0.1, 0.15) is 11.6 Å². The van der Waals surface area contributed by atoms with E-state index in [1.54, 1.807) is 12.1 Å². The number of halogens is 2. The van der Waals surface area contributed by atoms with E-state index in [0.29, 0.717) is 11.4 Å². The lowest BCUT2D eigenvalue weighted by molar-refractivity contribution is -0.118. The van der Waals surface area contributed by atoms with E-state index in [-0.39, 0.29) is 23.1 Å². The van der Waals surface area contributed by atoms with Gasteiger partial charge in [0.2, 0.25) is 0 Å². The molecule has 29 heavy (non-hydrogen) atoms. The van der Waals surface area contributed by atoms with Crippen molar-refractivity contribution in [3.05, 3.63) is 82.2 Å². The average Bonchev–Trinajstić information content (AvgIpc) is 2.70. The van der Waals surface area contributed by atoms with E-state index >= 15 is 0 Å². The highest BCUT2D eigenvalue weighted by Crippen LogP contribution is 2.20. The SMILES string of the molecule is O=C(COc1ccc(S(=O)(=O)Nc2ccc(F)cc2)cc1)Nc1ccc(I)cc1. The fourth-order valence-electron chi connectivity index (χ4n) is 2.33. The first-order valence-electron chi connectivity index (χ1n) is 8.38. The highest BCUT2D eigenvalue weighted by Gasteiger charge is 2.14. The number of hydrogen-bond acceptors (Lipinski definition) is 4. The smallest absolute Gasteiger partial charge is 0.262 e. The molecule has 0 aliphatic rings. The molecule has 3 aromatic rings. The molecule has 0 saturated carbocycles. The molecule has 0 heterocycles. The molecule has 3 aromatic carbocycles. The van der Waals surface area contributed by atoms with E-state index in [2.05, 4.69) is 32.6 Å². The minimum Gasteiger partial charge on any atom is -0.484 e. The third-order valence-electron chi connectivity index (χ3n) is 3.73. The molecular formula is C20H16FIN2O4S. The number of carbonyl (C=O) groups excluding carboxylic acids is 1. The molecule has 0 atom stereocenters. The Hall–Kier alpha value is -2.66. The van der Waals surface area contributed by atoms with E-state index in [0.717, 1.165) is 15.7 Å². The summed E-state index contributed by atoms with van der Waals surface area (Å²) < 4.78 is 46.5. The van der Waals surface area contributed by atoms with Crippen molar-refractivity contribution in [1.82, 2.24) is 0 Å². The molecule has 6 nitrogen and oxygen atoms in total. The molecule has 0 saturated heterocycles. The zero-order chi connectivity index (χ0) is 20.9. The Labute approximate surface area is 181 Å². The van der Waals surface area contributed by atoms with E-state index in [1.807, 2.05) is 12.1 Å². The molecular weight excluding hydrogens is 510 g/mol. The minimum absolute atomic E-state index is 0.0116. The van der Waals surface area contributed by atoms with Crippen LogP contribution in [-0.2, 0) is 14.8 Å². The first-order valence-corrected chi connectivity index (χ1v) is 10.9. The van der Waals surface area contributed by atoms with Crippen LogP contribution in [0.4, 0.5) is 15.8 Å². The van der Waals surface area contributed by atoms with Crippen LogP contribution in [0.5, 0.6) is 5.75 Å². The van der Waals surface area contributed by atoms with Gasteiger partial charge < -0.3 is 10.1 Å². The van der Waals surface area contributed by atoms with Crippen molar-refractivity contribution in [1.29, 1.82) is 0 Å². The Balaban J connectivity index is 1.57. The number of hydrogen-bond donors (Lipinski definition) is 2. The summed E-state index contributed by atoms with van der Waals surface area (Å²) in [5.74, 6) is -0.440. The summed E-state index contributed by atoms with van der Waals surface area (Å²) in [6.07, 6.45) is 0. The van der Waals surface area contributed by atoms with Crippen LogP contribution in [0.2, 0.25) is 0 Å². The first kappa shape index (κ1) is 21.1. The second-order valence-corrected chi connectivity index (χ2v) is 8.86. The monoisotopic (exact) mass is 526 g/mol. The Kier molecular flexibility index (Phi) is 6.70. The van der Waals surface area contributed by atoms with Gasteiger partial charge in [0.15, 0.2) is 6.61 Å².